The van der Waals surface area contributed by atoms with E-state index in [1.807, 2.05) is 0 Å². The monoisotopic (exact) mass is 482 g/mol. The maximum Gasteiger partial charge on any atom is 0.264 e. The van der Waals surface area contributed by atoms with E-state index < -0.39 is 22.5 Å². The van der Waals surface area contributed by atoms with E-state index >= 15 is 0 Å². The number of sulfonamides is 1. The van der Waals surface area contributed by atoms with Crippen molar-refractivity contribution in [1.82, 2.24) is 5.32 Å². The average Bonchev–Trinajstić information content (AvgIpc) is 2.74. The quantitative estimate of drug-likeness (QED) is 0.505. The Morgan fingerprint density at radius 2 is 1.47 bits per heavy atom. The summed E-state index contributed by atoms with van der Waals surface area (Å²) in [5, 5.41) is 3.42. The van der Waals surface area contributed by atoms with Crippen LogP contribution in [0.25, 0.3) is 0 Å². The van der Waals surface area contributed by atoms with Crippen molar-refractivity contribution in [3.8, 4) is 0 Å². The molecule has 0 atom stereocenters. The molecule has 0 aromatic heterocycles. The van der Waals surface area contributed by atoms with Gasteiger partial charge in [-0.15, -0.1) is 0 Å². The number of carbonyl (C=O) groups is 1. The highest BCUT2D eigenvalue weighted by Gasteiger charge is 2.29. The van der Waals surface area contributed by atoms with Crippen LogP contribution in [0.4, 0.5) is 5.69 Å². The lowest BCUT2D eigenvalue weighted by molar-refractivity contribution is -0.119. The number of nitrogens with one attached hydrogen (secondary N) is 1. The lowest BCUT2D eigenvalue weighted by Crippen LogP contribution is -2.40. The van der Waals surface area contributed by atoms with Gasteiger partial charge in [-0.1, -0.05) is 77.3 Å². The maximum absolute atomic E-state index is 13.3. The van der Waals surface area contributed by atoms with E-state index in [1.165, 1.54) is 24.3 Å². The third kappa shape index (κ3) is 5.08. The minimum Gasteiger partial charge on any atom is -0.350 e. The van der Waals surface area contributed by atoms with Gasteiger partial charge in [-0.05, 0) is 35.9 Å². The minimum absolute atomic E-state index is 0.0277. The summed E-state index contributed by atoms with van der Waals surface area (Å²) in [7, 11) is -4.08. The number of rotatable bonds is 7. The van der Waals surface area contributed by atoms with E-state index in [-0.39, 0.29) is 27.2 Å². The van der Waals surface area contributed by atoms with Crippen LogP contribution in [-0.2, 0) is 21.4 Å². The molecule has 5 nitrogen and oxygen atoms in total. The van der Waals surface area contributed by atoms with E-state index in [2.05, 4.69) is 5.32 Å². The Bertz CT molecular complexity index is 1160. The van der Waals surface area contributed by atoms with Crippen LogP contribution in [0, 0.1) is 0 Å². The van der Waals surface area contributed by atoms with Crippen molar-refractivity contribution in [3.63, 3.8) is 0 Å². The van der Waals surface area contributed by atoms with Crippen molar-refractivity contribution >= 4 is 56.4 Å². The molecular formula is C21H17Cl3N2O3S. The molecule has 0 spiro atoms. The lowest BCUT2D eigenvalue weighted by atomic mass is 10.2. The second-order valence-electron chi connectivity index (χ2n) is 6.27. The number of benzene rings is 3. The third-order valence-corrected chi connectivity index (χ3v) is 7.20. The van der Waals surface area contributed by atoms with Gasteiger partial charge in [-0.2, -0.15) is 0 Å². The van der Waals surface area contributed by atoms with E-state index in [0.717, 1.165) is 4.31 Å². The molecule has 3 aromatic carbocycles. The average molecular weight is 484 g/mol. The summed E-state index contributed by atoms with van der Waals surface area (Å²) < 4.78 is 27.5. The van der Waals surface area contributed by atoms with Crippen LogP contribution in [0.2, 0.25) is 15.1 Å². The molecule has 30 heavy (non-hydrogen) atoms. The molecule has 0 aliphatic rings. The van der Waals surface area contributed by atoms with Gasteiger partial charge >= 0.3 is 0 Å². The molecule has 0 bridgehead atoms. The van der Waals surface area contributed by atoms with Crippen LogP contribution < -0.4 is 9.62 Å². The van der Waals surface area contributed by atoms with Crippen molar-refractivity contribution in [1.29, 1.82) is 0 Å². The van der Waals surface area contributed by atoms with Crippen LogP contribution >= 0.6 is 34.8 Å². The summed E-state index contributed by atoms with van der Waals surface area (Å²) in [5.74, 6) is -0.523. The van der Waals surface area contributed by atoms with Gasteiger partial charge in [0, 0.05) is 11.6 Å². The Balaban J connectivity index is 1.91. The van der Waals surface area contributed by atoms with Gasteiger partial charge in [-0.3, -0.25) is 9.10 Å². The Hall–Kier alpha value is -2.25. The molecule has 9 heteroatoms. The number of hydrogen-bond donors (Lipinski definition) is 1. The zero-order chi connectivity index (χ0) is 21.7. The van der Waals surface area contributed by atoms with Crippen molar-refractivity contribution in [3.05, 3.63) is 93.4 Å². The summed E-state index contributed by atoms with van der Waals surface area (Å²) in [6.07, 6.45) is 0. The van der Waals surface area contributed by atoms with Crippen LogP contribution in [0.5, 0.6) is 0 Å². The fraction of sp³-hybridized carbons (Fsp3) is 0.0952. The van der Waals surface area contributed by atoms with Crippen LogP contribution in [-0.4, -0.2) is 20.9 Å². The molecule has 1 N–H and O–H groups in total. The Morgan fingerprint density at radius 1 is 0.833 bits per heavy atom. The van der Waals surface area contributed by atoms with Crippen LogP contribution in [0.3, 0.4) is 0 Å². The predicted molar refractivity (Wildman–Crippen MR) is 121 cm³/mol. The van der Waals surface area contributed by atoms with Gasteiger partial charge in [0.05, 0.1) is 20.6 Å². The first-order chi connectivity index (χ1) is 14.3. The summed E-state index contributed by atoms with van der Waals surface area (Å²) in [6, 6.07) is 19.5. The van der Waals surface area contributed by atoms with Crippen molar-refractivity contribution in [2.45, 2.75) is 11.4 Å². The second-order valence-corrected chi connectivity index (χ2v) is 9.32. The largest absolute Gasteiger partial charge is 0.350 e. The Kier molecular flexibility index (Phi) is 7.26. The van der Waals surface area contributed by atoms with Gasteiger partial charge in [0.15, 0.2) is 0 Å². The van der Waals surface area contributed by atoms with Crippen molar-refractivity contribution in [2.24, 2.45) is 0 Å². The first-order valence-electron chi connectivity index (χ1n) is 8.82. The summed E-state index contributed by atoms with van der Waals surface area (Å²) >= 11 is 18.5. The normalized spacial score (nSPS) is 11.2. The molecule has 1 amide bonds. The van der Waals surface area contributed by atoms with Gasteiger partial charge in [0.25, 0.3) is 10.0 Å². The predicted octanol–water partition coefficient (Wildman–Crippen LogP) is 5.16. The van der Waals surface area contributed by atoms with Crippen LogP contribution in [0.1, 0.15) is 5.56 Å². The molecule has 0 heterocycles. The summed E-state index contributed by atoms with van der Waals surface area (Å²) in [5.41, 5.74) is 0.826. The maximum atomic E-state index is 13.3. The van der Waals surface area contributed by atoms with E-state index in [9.17, 15) is 13.2 Å². The Labute approximate surface area is 190 Å². The van der Waals surface area contributed by atoms with Gasteiger partial charge in [-0.25, -0.2) is 8.42 Å². The van der Waals surface area contributed by atoms with Crippen molar-refractivity contribution < 1.29 is 13.2 Å². The number of nitrogens with zero attached hydrogens (tertiary/aromatic N) is 1. The Morgan fingerprint density at radius 3 is 2.17 bits per heavy atom. The fourth-order valence-electron chi connectivity index (χ4n) is 2.73. The van der Waals surface area contributed by atoms with Gasteiger partial charge < -0.3 is 5.32 Å². The lowest BCUT2D eigenvalue weighted by Gasteiger charge is -2.25. The molecule has 3 aromatic rings. The highest BCUT2D eigenvalue weighted by atomic mass is 35.5. The van der Waals surface area contributed by atoms with Crippen molar-refractivity contribution in [2.75, 3.05) is 10.8 Å². The number of amides is 1. The fourth-order valence-corrected chi connectivity index (χ4v) is 4.83. The molecule has 0 aliphatic carbocycles. The molecular weight excluding hydrogens is 467 g/mol. The number of halogens is 3. The molecule has 0 fully saturated rings. The molecule has 3 rings (SSSR count). The topological polar surface area (TPSA) is 66.5 Å². The SMILES string of the molecule is O=C(CN(c1cccc(Cl)c1Cl)S(=O)(=O)c1ccccc1)NCc1ccccc1Cl. The zero-order valence-electron chi connectivity index (χ0n) is 15.6. The van der Waals surface area contributed by atoms with Gasteiger partial charge in [0.1, 0.15) is 6.54 Å². The molecule has 0 saturated heterocycles. The van der Waals surface area contributed by atoms with Crippen LogP contribution in [0.15, 0.2) is 77.7 Å². The smallest absolute Gasteiger partial charge is 0.264 e. The second kappa shape index (κ2) is 9.71. The highest BCUT2D eigenvalue weighted by molar-refractivity contribution is 7.92. The number of carbonyl (C=O) groups excluding carboxylic acids is 1. The summed E-state index contributed by atoms with van der Waals surface area (Å²) in [6.45, 7) is -0.331. The first-order valence-corrected chi connectivity index (χ1v) is 11.4. The molecule has 156 valence electrons. The highest BCUT2D eigenvalue weighted by Crippen LogP contribution is 2.35. The minimum atomic E-state index is -4.08. The van der Waals surface area contributed by atoms with E-state index in [4.69, 9.17) is 34.8 Å². The zero-order valence-corrected chi connectivity index (χ0v) is 18.6. The first kappa shape index (κ1) is 22.4. The molecule has 0 aliphatic heterocycles. The standard InChI is InChI=1S/C21H17Cl3N2O3S/c22-17-10-5-4-7-15(17)13-25-20(27)14-26(19-12-6-11-18(23)21(19)24)30(28,29)16-8-2-1-3-9-16/h1-12H,13-14H2,(H,25,27). The molecule has 0 saturated carbocycles. The number of hydrogen-bond acceptors (Lipinski definition) is 3. The third-order valence-electron chi connectivity index (χ3n) is 4.25. The summed E-state index contributed by atoms with van der Waals surface area (Å²) in [4.78, 5) is 12.7. The number of anilines is 1. The molecule has 0 radical (unpaired) electrons. The van der Waals surface area contributed by atoms with E-state index in [1.54, 1.807) is 48.5 Å². The van der Waals surface area contributed by atoms with Gasteiger partial charge in [0.2, 0.25) is 5.91 Å². The van der Waals surface area contributed by atoms with E-state index in [0.29, 0.717) is 10.6 Å². The molecule has 0 unspecified atom stereocenters.